The number of para-hydroxylation sites is 1. The fourth-order valence-corrected chi connectivity index (χ4v) is 3.39. The van der Waals surface area contributed by atoms with Crippen molar-refractivity contribution in [1.29, 1.82) is 0 Å². The molecule has 2 aromatic heterocycles. The van der Waals surface area contributed by atoms with Crippen molar-refractivity contribution in [2.24, 2.45) is 0 Å². The van der Waals surface area contributed by atoms with Crippen molar-refractivity contribution < 1.29 is 9.53 Å². The molecule has 0 bridgehead atoms. The number of hydrogen-bond donors (Lipinski definition) is 1. The molecule has 3 aromatic rings. The van der Waals surface area contributed by atoms with E-state index in [9.17, 15) is 4.79 Å². The Morgan fingerprint density at radius 1 is 1.29 bits per heavy atom. The molecule has 1 aliphatic heterocycles. The second kappa shape index (κ2) is 6.28. The minimum Gasteiger partial charge on any atom is -0.472 e. The first kappa shape index (κ1) is 15.2. The summed E-state index contributed by atoms with van der Waals surface area (Å²) in [7, 11) is 0. The molecule has 0 aliphatic carbocycles. The van der Waals surface area contributed by atoms with Crippen molar-refractivity contribution in [2.45, 2.75) is 12.5 Å². The quantitative estimate of drug-likeness (QED) is 0.748. The number of aromatic amines is 1. The van der Waals surface area contributed by atoms with E-state index in [-0.39, 0.29) is 12.0 Å². The number of likely N-dealkylation sites (tertiary alicyclic amines) is 1. The number of nitrogens with zero attached hydrogens (tertiary/aromatic N) is 2. The van der Waals surface area contributed by atoms with Crippen LogP contribution >= 0.6 is 15.9 Å². The number of carbonyl (C=O) groups excluding carboxylic acids is 1. The summed E-state index contributed by atoms with van der Waals surface area (Å²) in [6.45, 7) is 1.26. The summed E-state index contributed by atoms with van der Waals surface area (Å²) < 4.78 is 6.76. The van der Waals surface area contributed by atoms with Crippen molar-refractivity contribution >= 4 is 32.7 Å². The van der Waals surface area contributed by atoms with Gasteiger partial charge in [0, 0.05) is 36.3 Å². The average Bonchev–Trinajstić information content (AvgIpc) is 3.23. The van der Waals surface area contributed by atoms with E-state index in [1.807, 2.05) is 41.3 Å². The largest absolute Gasteiger partial charge is 0.472 e. The van der Waals surface area contributed by atoms with Crippen LogP contribution in [0.2, 0.25) is 0 Å². The molecule has 5 nitrogen and oxygen atoms in total. The van der Waals surface area contributed by atoms with Gasteiger partial charge in [0.05, 0.1) is 16.6 Å². The first-order valence-corrected chi connectivity index (χ1v) is 8.64. The number of benzene rings is 1. The molecule has 4 rings (SSSR count). The lowest BCUT2D eigenvalue weighted by Crippen LogP contribution is -2.30. The summed E-state index contributed by atoms with van der Waals surface area (Å²) >= 11 is 3.43. The van der Waals surface area contributed by atoms with Crippen LogP contribution in [0.25, 0.3) is 10.9 Å². The van der Waals surface area contributed by atoms with Gasteiger partial charge in [0.25, 0.3) is 5.91 Å². The molecule has 1 fully saturated rings. The summed E-state index contributed by atoms with van der Waals surface area (Å²) in [4.78, 5) is 22.0. The van der Waals surface area contributed by atoms with Gasteiger partial charge in [0.2, 0.25) is 5.88 Å². The van der Waals surface area contributed by atoms with Gasteiger partial charge in [0.1, 0.15) is 6.10 Å². The molecule has 122 valence electrons. The van der Waals surface area contributed by atoms with Gasteiger partial charge in [-0.2, -0.15) is 0 Å². The number of pyridine rings is 1. The molecule has 0 radical (unpaired) electrons. The number of carbonyl (C=O) groups is 1. The Morgan fingerprint density at radius 3 is 3.04 bits per heavy atom. The molecule has 24 heavy (non-hydrogen) atoms. The van der Waals surface area contributed by atoms with Gasteiger partial charge in [0.15, 0.2) is 0 Å². The number of hydrogen-bond acceptors (Lipinski definition) is 3. The van der Waals surface area contributed by atoms with Crippen LogP contribution in [-0.2, 0) is 0 Å². The van der Waals surface area contributed by atoms with Crippen LogP contribution in [0.1, 0.15) is 16.8 Å². The van der Waals surface area contributed by atoms with Crippen molar-refractivity contribution in [1.82, 2.24) is 14.9 Å². The normalized spacial score (nSPS) is 17.4. The lowest BCUT2D eigenvalue weighted by Gasteiger charge is -2.17. The van der Waals surface area contributed by atoms with Gasteiger partial charge in [-0.15, -0.1) is 0 Å². The Labute approximate surface area is 147 Å². The van der Waals surface area contributed by atoms with E-state index in [0.717, 1.165) is 21.8 Å². The molecule has 1 atom stereocenters. The molecule has 1 unspecified atom stereocenters. The van der Waals surface area contributed by atoms with Gasteiger partial charge >= 0.3 is 0 Å². The van der Waals surface area contributed by atoms with E-state index in [1.165, 1.54) is 0 Å². The number of fused-ring (bicyclic) bond motifs is 1. The molecule has 1 aromatic carbocycles. The number of nitrogens with one attached hydrogen (secondary N) is 1. The maximum absolute atomic E-state index is 12.8. The summed E-state index contributed by atoms with van der Waals surface area (Å²) in [6, 6.07) is 11.6. The first-order valence-electron chi connectivity index (χ1n) is 7.85. The zero-order chi connectivity index (χ0) is 16.5. The van der Waals surface area contributed by atoms with E-state index >= 15 is 0 Å². The smallest absolute Gasteiger partial charge is 0.256 e. The fourth-order valence-electron chi connectivity index (χ4n) is 3.04. The van der Waals surface area contributed by atoms with Crippen LogP contribution in [0.5, 0.6) is 5.88 Å². The van der Waals surface area contributed by atoms with Gasteiger partial charge in [-0.05, 0) is 34.1 Å². The molecule has 0 spiro atoms. The summed E-state index contributed by atoms with van der Waals surface area (Å²) in [5, 5.41) is 0.958. The minimum atomic E-state index is -0.0367. The van der Waals surface area contributed by atoms with Crippen molar-refractivity contribution in [3.63, 3.8) is 0 Å². The maximum Gasteiger partial charge on any atom is 0.256 e. The van der Waals surface area contributed by atoms with Crippen LogP contribution in [0.3, 0.4) is 0 Å². The topological polar surface area (TPSA) is 58.2 Å². The van der Waals surface area contributed by atoms with Gasteiger partial charge in [-0.3, -0.25) is 4.79 Å². The Kier molecular flexibility index (Phi) is 3.98. The van der Waals surface area contributed by atoms with E-state index < -0.39 is 0 Å². The second-order valence-corrected chi connectivity index (χ2v) is 6.67. The number of halogens is 1. The van der Waals surface area contributed by atoms with Crippen LogP contribution in [0.15, 0.2) is 53.3 Å². The highest BCUT2D eigenvalue weighted by Gasteiger charge is 2.30. The highest BCUT2D eigenvalue weighted by molar-refractivity contribution is 9.10. The molecule has 1 saturated heterocycles. The fraction of sp³-hybridized carbons (Fsp3) is 0.222. The van der Waals surface area contributed by atoms with E-state index in [0.29, 0.717) is 24.5 Å². The lowest BCUT2D eigenvalue weighted by molar-refractivity contribution is 0.0773. The van der Waals surface area contributed by atoms with Crippen LogP contribution in [0, 0.1) is 0 Å². The number of ether oxygens (including phenoxy) is 1. The predicted molar refractivity (Wildman–Crippen MR) is 95.2 cm³/mol. The minimum absolute atomic E-state index is 0.0367. The third kappa shape index (κ3) is 2.78. The Balaban J connectivity index is 1.48. The standard InChI is InChI=1S/C18H16BrN3O2/c19-15-5-3-8-20-17(15)24-12-7-9-22(11-12)18(23)14-10-21-16-6-2-1-4-13(14)16/h1-6,8,10,12,21H,7,9,11H2. The van der Waals surface area contributed by atoms with E-state index in [4.69, 9.17) is 4.74 Å². The summed E-state index contributed by atoms with van der Waals surface area (Å²) in [5.74, 6) is 0.613. The lowest BCUT2D eigenvalue weighted by atomic mass is 10.1. The predicted octanol–water partition coefficient (Wildman–Crippen LogP) is 3.62. The SMILES string of the molecule is O=C(c1c[nH]c2ccccc12)N1CCC(Oc2ncccc2Br)C1. The summed E-state index contributed by atoms with van der Waals surface area (Å²) in [5.41, 5.74) is 1.69. The highest BCUT2D eigenvalue weighted by Crippen LogP contribution is 2.26. The van der Waals surface area contributed by atoms with Gasteiger partial charge < -0.3 is 14.6 Å². The maximum atomic E-state index is 12.8. The second-order valence-electron chi connectivity index (χ2n) is 5.82. The molecule has 1 N–H and O–H groups in total. The third-order valence-electron chi connectivity index (χ3n) is 4.25. The monoisotopic (exact) mass is 385 g/mol. The van der Waals surface area contributed by atoms with E-state index in [1.54, 1.807) is 12.4 Å². The van der Waals surface area contributed by atoms with Crippen LogP contribution in [0.4, 0.5) is 0 Å². The molecular formula is C18H16BrN3O2. The Bertz CT molecular complexity index is 893. The molecule has 6 heteroatoms. The molecule has 0 saturated carbocycles. The number of aromatic nitrogens is 2. The number of H-pyrrole nitrogens is 1. The molecule has 1 aliphatic rings. The average molecular weight is 386 g/mol. The van der Waals surface area contributed by atoms with Crippen LogP contribution in [-0.4, -0.2) is 40.0 Å². The molecular weight excluding hydrogens is 370 g/mol. The first-order chi connectivity index (χ1) is 11.7. The highest BCUT2D eigenvalue weighted by atomic mass is 79.9. The zero-order valence-electron chi connectivity index (χ0n) is 12.9. The number of rotatable bonds is 3. The van der Waals surface area contributed by atoms with E-state index in [2.05, 4.69) is 25.9 Å². The van der Waals surface area contributed by atoms with Crippen molar-refractivity contribution in [3.8, 4) is 5.88 Å². The Hall–Kier alpha value is -2.34. The van der Waals surface area contributed by atoms with Gasteiger partial charge in [-0.1, -0.05) is 18.2 Å². The molecule has 3 heterocycles. The molecule has 1 amide bonds. The third-order valence-corrected chi connectivity index (χ3v) is 4.86. The zero-order valence-corrected chi connectivity index (χ0v) is 14.5. The number of amides is 1. The van der Waals surface area contributed by atoms with Crippen molar-refractivity contribution in [3.05, 3.63) is 58.8 Å². The Morgan fingerprint density at radius 2 is 2.17 bits per heavy atom. The summed E-state index contributed by atoms with van der Waals surface area (Å²) in [6.07, 6.45) is 4.25. The van der Waals surface area contributed by atoms with Gasteiger partial charge in [-0.25, -0.2) is 4.98 Å². The van der Waals surface area contributed by atoms with Crippen molar-refractivity contribution in [2.75, 3.05) is 13.1 Å². The van der Waals surface area contributed by atoms with Crippen LogP contribution < -0.4 is 4.74 Å².